The number of aldehydes is 1. The van der Waals surface area contributed by atoms with Gasteiger partial charge in [0.05, 0.1) is 12.6 Å². The number of hydrogen-bond donors (Lipinski definition) is 2. The molecule has 1 aromatic rings. The Morgan fingerprint density at radius 1 is 1.17 bits per heavy atom. The summed E-state index contributed by atoms with van der Waals surface area (Å²) in [7, 11) is 0. The highest BCUT2D eigenvalue weighted by Gasteiger charge is 2.44. The van der Waals surface area contributed by atoms with Crippen LogP contribution in [0.4, 0.5) is 4.79 Å². The number of carbonyl (C=O) groups is 6. The number of rotatable bonds is 9. The predicted octanol–water partition coefficient (Wildman–Crippen LogP) is 1.00. The molecule has 1 aromatic carbocycles. The van der Waals surface area contributed by atoms with Crippen LogP contribution in [0.1, 0.15) is 44.6 Å². The number of amides is 5. The molecular formula is C23H28ClN5O6. The second-order valence-electron chi connectivity index (χ2n) is 8.52. The van der Waals surface area contributed by atoms with Crippen molar-refractivity contribution in [2.75, 3.05) is 13.1 Å². The van der Waals surface area contributed by atoms with Crippen molar-refractivity contribution in [1.29, 1.82) is 0 Å². The molecule has 2 aliphatic rings. The molecule has 11 nitrogen and oxygen atoms in total. The highest BCUT2D eigenvalue weighted by atomic mass is 35.5. The summed E-state index contributed by atoms with van der Waals surface area (Å²) in [4.78, 5) is 74.2. The Morgan fingerprint density at radius 3 is 2.54 bits per heavy atom. The lowest BCUT2D eigenvalue weighted by atomic mass is 10.1. The highest BCUT2D eigenvalue weighted by molar-refractivity contribution is 6.30. The first-order valence-electron chi connectivity index (χ1n) is 11.4. The second kappa shape index (κ2) is 11.8. The van der Waals surface area contributed by atoms with E-state index in [1.165, 1.54) is 11.9 Å². The fourth-order valence-corrected chi connectivity index (χ4v) is 4.18. The second-order valence-corrected chi connectivity index (χ2v) is 8.96. The number of fused-ring (bicyclic) bond motifs is 1. The van der Waals surface area contributed by atoms with Crippen molar-refractivity contribution >= 4 is 47.4 Å². The van der Waals surface area contributed by atoms with Crippen LogP contribution in [0.2, 0.25) is 5.02 Å². The number of carbonyl (C=O) groups excluding carboxylic acids is 6. The quantitative estimate of drug-likeness (QED) is 0.480. The third-order valence-corrected chi connectivity index (χ3v) is 6.03. The standard InChI is InChI=1S/C23H28ClN5O6/c1-15(31)13-18(14-30)25-22(34)19-3-2-11-28-21(33)10-12-27(23(35)29(19)28)26-20(32)9-6-16-4-7-17(24)8-5-16/h4-5,7-8,14,18-19H,2-3,6,9-13H2,1H3,(H,25,34)(H,26,32)/t18-,19-/m0/s1. The van der Waals surface area contributed by atoms with E-state index in [0.717, 1.165) is 15.6 Å². The lowest BCUT2D eigenvalue weighted by molar-refractivity contribution is -0.155. The Hall–Kier alpha value is -3.47. The maximum Gasteiger partial charge on any atom is 0.358 e. The summed E-state index contributed by atoms with van der Waals surface area (Å²) >= 11 is 5.87. The molecule has 35 heavy (non-hydrogen) atoms. The number of benzene rings is 1. The van der Waals surface area contributed by atoms with Crippen molar-refractivity contribution in [3.05, 3.63) is 34.9 Å². The highest BCUT2D eigenvalue weighted by Crippen LogP contribution is 2.24. The summed E-state index contributed by atoms with van der Waals surface area (Å²) in [6.07, 6.45) is 1.50. The van der Waals surface area contributed by atoms with Gasteiger partial charge in [0, 0.05) is 30.8 Å². The van der Waals surface area contributed by atoms with Gasteiger partial charge in [-0.15, -0.1) is 0 Å². The van der Waals surface area contributed by atoms with E-state index < -0.39 is 29.9 Å². The molecule has 2 saturated heterocycles. The SMILES string of the molecule is CC(=O)C[C@@H](C=O)NC(=O)[C@@H]1CCCN2C(=O)CCN(NC(=O)CCc3ccc(Cl)cc3)C(=O)N12. The van der Waals surface area contributed by atoms with E-state index >= 15 is 0 Å². The summed E-state index contributed by atoms with van der Waals surface area (Å²) in [6.45, 7) is 1.50. The molecule has 12 heteroatoms. The maximum absolute atomic E-state index is 13.3. The van der Waals surface area contributed by atoms with Gasteiger partial charge in [-0.05, 0) is 43.9 Å². The van der Waals surface area contributed by atoms with E-state index in [4.69, 9.17) is 11.6 Å². The van der Waals surface area contributed by atoms with E-state index in [0.29, 0.717) is 24.2 Å². The minimum Gasteiger partial charge on any atom is -0.344 e. The van der Waals surface area contributed by atoms with E-state index in [1.54, 1.807) is 24.3 Å². The molecule has 0 radical (unpaired) electrons. The van der Waals surface area contributed by atoms with Gasteiger partial charge in [0.25, 0.3) is 0 Å². The van der Waals surface area contributed by atoms with E-state index in [9.17, 15) is 28.8 Å². The predicted molar refractivity (Wildman–Crippen MR) is 125 cm³/mol. The molecule has 2 aliphatic heterocycles. The summed E-state index contributed by atoms with van der Waals surface area (Å²) < 4.78 is 0. The molecule has 188 valence electrons. The van der Waals surface area contributed by atoms with E-state index in [2.05, 4.69) is 10.7 Å². The zero-order chi connectivity index (χ0) is 25.5. The van der Waals surface area contributed by atoms with Crippen LogP contribution in [0.15, 0.2) is 24.3 Å². The van der Waals surface area contributed by atoms with Crippen molar-refractivity contribution in [2.24, 2.45) is 0 Å². The number of Topliss-reactive ketones (excluding diaryl/α,β-unsaturated/α-hetero) is 1. The van der Waals surface area contributed by atoms with Crippen molar-refractivity contribution in [2.45, 2.75) is 57.5 Å². The topological polar surface area (TPSA) is 136 Å². The van der Waals surface area contributed by atoms with Crippen LogP contribution in [-0.4, -0.2) is 76.0 Å². The molecule has 5 amide bonds. The molecule has 0 saturated carbocycles. The number of hydrazine groups is 2. The van der Waals surface area contributed by atoms with Crippen LogP contribution in [0, 0.1) is 0 Å². The van der Waals surface area contributed by atoms with Crippen LogP contribution in [0.25, 0.3) is 0 Å². The lowest BCUT2D eigenvalue weighted by Crippen LogP contribution is -2.64. The monoisotopic (exact) mass is 505 g/mol. The van der Waals surface area contributed by atoms with Gasteiger partial charge in [-0.1, -0.05) is 23.7 Å². The smallest absolute Gasteiger partial charge is 0.344 e. The number of nitrogens with zero attached hydrogens (tertiary/aromatic N) is 3. The minimum atomic E-state index is -1.07. The van der Waals surface area contributed by atoms with Gasteiger partial charge in [0.1, 0.15) is 18.1 Å². The molecular weight excluding hydrogens is 478 g/mol. The van der Waals surface area contributed by atoms with Crippen LogP contribution in [0.3, 0.4) is 0 Å². The zero-order valence-corrected chi connectivity index (χ0v) is 20.1. The molecule has 2 N–H and O–H groups in total. The molecule has 3 rings (SSSR count). The van der Waals surface area contributed by atoms with Crippen molar-refractivity contribution < 1.29 is 28.8 Å². The fraction of sp³-hybridized carbons (Fsp3) is 0.478. The number of halogens is 1. The van der Waals surface area contributed by atoms with Crippen molar-refractivity contribution in [3.63, 3.8) is 0 Å². The Balaban J connectivity index is 1.70. The first kappa shape index (κ1) is 26.1. The first-order chi connectivity index (χ1) is 16.7. The molecule has 0 unspecified atom stereocenters. The summed E-state index contributed by atoms with van der Waals surface area (Å²) in [5.41, 5.74) is 3.45. The third-order valence-electron chi connectivity index (χ3n) is 5.78. The Kier molecular flexibility index (Phi) is 8.80. The van der Waals surface area contributed by atoms with E-state index in [-0.39, 0.29) is 50.5 Å². The first-order valence-corrected chi connectivity index (χ1v) is 11.8. The van der Waals surface area contributed by atoms with Crippen molar-refractivity contribution in [1.82, 2.24) is 25.8 Å². The number of ketones is 1. The third kappa shape index (κ3) is 6.78. The molecule has 0 spiro atoms. The van der Waals surface area contributed by atoms with Crippen LogP contribution in [0.5, 0.6) is 0 Å². The number of hydrogen-bond acceptors (Lipinski definition) is 6. The number of aryl methyl sites for hydroxylation is 1. The van der Waals surface area contributed by atoms with Gasteiger partial charge in [-0.3, -0.25) is 24.6 Å². The Labute approximate surface area is 207 Å². The summed E-state index contributed by atoms with van der Waals surface area (Å²) in [5.74, 6) is -1.70. The van der Waals surface area contributed by atoms with Crippen molar-refractivity contribution in [3.8, 4) is 0 Å². The number of nitrogens with one attached hydrogen (secondary N) is 2. The summed E-state index contributed by atoms with van der Waals surface area (Å²) in [6, 6.07) is 4.24. The Bertz CT molecular complexity index is 1000. The van der Waals surface area contributed by atoms with Gasteiger partial charge in [-0.2, -0.15) is 0 Å². The minimum absolute atomic E-state index is 0.0324. The molecule has 0 aromatic heterocycles. The van der Waals surface area contributed by atoms with Gasteiger partial charge < -0.3 is 10.1 Å². The maximum atomic E-state index is 13.3. The van der Waals surface area contributed by atoms with E-state index in [1.807, 2.05) is 0 Å². The average molecular weight is 506 g/mol. The van der Waals surface area contributed by atoms with Gasteiger partial charge in [0.15, 0.2) is 0 Å². The van der Waals surface area contributed by atoms with Gasteiger partial charge >= 0.3 is 6.03 Å². The molecule has 2 atom stereocenters. The number of urea groups is 1. The van der Waals surface area contributed by atoms with Gasteiger partial charge in [-0.25, -0.2) is 19.8 Å². The van der Waals surface area contributed by atoms with Crippen LogP contribution < -0.4 is 10.7 Å². The van der Waals surface area contributed by atoms with Gasteiger partial charge in [0.2, 0.25) is 17.7 Å². The normalized spacial score (nSPS) is 18.9. The fourth-order valence-electron chi connectivity index (χ4n) is 4.05. The zero-order valence-electron chi connectivity index (χ0n) is 19.4. The average Bonchev–Trinajstić information content (AvgIpc) is 2.95. The summed E-state index contributed by atoms with van der Waals surface area (Å²) in [5, 5.41) is 6.37. The van der Waals surface area contributed by atoms with Crippen LogP contribution >= 0.6 is 11.6 Å². The molecule has 2 heterocycles. The molecule has 0 bridgehead atoms. The van der Waals surface area contributed by atoms with Crippen LogP contribution in [-0.2, 0) is 30.4 Å². The Morgan fingerprint density at radius 2 is 1.89 bits per heavy atom. The lowest BCUT2D eigenvalue weighted by Gasteiger charge is -2.43. The molecule has 2 fully saturated rings. The molecule has 0 aliphatic carbocycles. The largest absolute Gasteiger partial charge is 0.358 e.